The summed E-state index contributed by atoms with van der Waals surface area (Å²) >= 11 is 0. The van der Waals surface area contributed by atoms with Crippen molar-refractivity contribution >= 4 is 17.6 Å². The van der Waals surface area contributed by atoms with E-state index in [2.05, 4.69) is 23.9 Å². The van der Waals surface area contributed by atoms with Crippen LogP contribution in [0.1, 0.15) is 11.1 Å². The minimum Gasteiger partial charge on any atom is -0.206 e. The molecule has 48 valence electrons. The van der Waals surface area contributed by atoms with Gasteiger partial charge in [0.25, 0.3) is 0 Å². The van der Waals surface area contributed by atoms with Crippen molar-refractivity contribution in [3.8, 4) is 0 Å². The Morgan fingerprint density at radius 1 is 1.40 bits per heavy atom. The molecule has 0 atom stereocenters. The van der Waals surface area contributed by atoms with Gasteiger partial charge in [0.2, 0.25) is 0 Å². The first-order valence-corrected chi connectivity index (χ1v) is 3.27. The van der Waals surface area contributed by atoms with Crippen LogP contribution in [0.4, 0.5) is 5.69 Å². The quantitative estimate of drug-likeness (QED) is 0.517. The standard InChI is InChI=1S/C9H7N/c1-7-3-2-4-9-8(7)5-6-10-9/h2-5H,1H3. The maximum Gasteiger partial charge on any atom is 0.0811 e. The van der Waals surface area contributed by atoms with E-state index in [1.807, 2.05) is 18.2 Å². The number of aryl methyl sites for hydroxylation is 1. The Hall–Kier alpha value is -1.33. The first-order valence-electron chi connectivity index (χ1n) is 3.27. The average Bonchev–Trinajstić information content (AvgIpc) is 2.36. The van der Waals surface area contributed by atoms with Crippen LogP contribution in [0.3, 0.4) is 0 Å². The van der Waals surface area contributed by atoms with Crippen molar-refractivity contribution in [3.05, 3.63) is 29.3 Å². The Morgan fingerprint density at radius 3 is 3.10 bits per heavy atom. The number of aliphatic imine (C=N–C) groups is 1. The lowest BCUT2D eigenvalue weighted by Crippen LogP contribution is -1.76. The van der Waals surface area contributed by atoms with E-state index >= 15 is 0 Å². The molecule has 2 rings (SSSR count). The molecule has 0 unspecified atom stereocenters. The Labute approximate surface area is 59.7 Å². The summed E-state index contributed by atoms with van der Waals surface area (Å²) in [4.78, 5) is 4.05. The van der Waals surface area contributed by atoms with Crippen molar-refractivity contribution in [2.45, 2.75) is 6.92 Å². The molecule has 1 aliphatic heterocycles. The normalized spacial score (nSPS) is 12.1. The zero-order valence-electron chi connectivity index (χ0n) is 5.76. The van der Waals surface area contributed by atoms with Crippen LogP contribution >= 0.6 is 0 Å². The molecular weight excluding hydrogens is 122 g/mol. The maximum absolute atomic E-state index is 4.05. The molecule has 1 heteroatoms. The summed E-state index contributed by atoms with van der Waals surface area (Å²) in [6.45, 7) is 2.08. The number of fused-ring (bicyclic) bond motifs is 1. The molecule has 10 heavy (non-hydrogen) atoms. The predicted molar refractivity (Wildman–Crippen MR) is 42.7 cm³/mol. The van der Waals surface area contributed by atoms with Gasteiger partial charge in [0.15, 0.2) is 0 Å². The molecule has 0 bridgehead atoms. The van der Waals surface area contributed by atoms with E-state index in [4.69, 9.17) is 0 Å². The van der Waals surface area contributed by atoms with E-state index < -0.39 is 0 Å². The number of hydrogen-bond acceptors (Lipinski definition) is 1. The SMILES string of the molecule is Cc1cccc2c1C=C=N2. The molecule has 1 aromatic rings. The van der Waals surface area contributed by atoms with Crippen LogP contribution in [0, 0.1) is 6.92 Å². The molecule has 1 aliphatic rings. The maximum atomic E-state index is 4.05. The van der Waals surface area contributed by atoms with Gasteiger partial charge in [0.1, 0.15) is 0 Å². The second kappa shape index (κ2) is 1.83. The molecule has 0 saturated carbocycles. The molecular formula is C9H7N. The molecule has 0 amide bonds. The second-order valence-electron chi connectivity index (χ2n) is 2.39. The van der Waals surface area contributed by atoms with E-state index in [1.165, 1.54) is 11.1 Å². The second-order valence-corrected chi connectivity index (χ2v) is 2.39. The highest BCUT2D eigenvalue weighted by Gasteiger charge is 2.02. The fraction of sp³-hybridized carbons (Fsp3) is 0.111. The van der Waals surface area contributed by atoms with Gasteiger partial charge in [-0.15, -0.1) is 0 Å². The van der Waals surface area contributed by atoms with Crippen molar-refractivity contribution in [3.63, 3.8) is 0 Å². The van der Waals surface area contributed by atoms with Gasteiger partial charge in [-0.3, -0.25) is 0 Å². The van der Waals surface area contributed by atoms with Crippen molar-refractivity contribution in [1.29, 1.82) is 0 Å². The van der Waals surface area contributed by atoms with Gasteiger partial charge in [0.05, 0.1) is 5.69 Å². The third-order valence-electron chi connectivity index (χ3n) is 1.70. The van der Waals surface area contributed by atoms with Crippen molar-refractivity contribution < 1.29 is 0 Å². The molecule has 0 aromatic heterocycles. The number of rotatable bonds is 0. The third kappa shape index (κ3) is 0.615. The van der Waals surface area contributed by atoms with E-state index in [0.29, 0.717) is 0 Å². The van der Waals surface area contributed by atoms with Crippen molar-refractivity contribution in [1.82, 2.24) is 0 Å². The molecule has 0 fully saturated rings. The smallest absolute Gasteiger partial charge is 0.0811 e. The lowest BCUT2D eigenvalue weighted by molar-refractivity contribution is 1.42. The first kappa shape index (κ1) is 5.45. The van der Waals surface area contributed by atoms with Gasteiger partial charge in [-0.05, 0) is 24.4 Å². The zero-order chi connectivity index (χ0) is 6.97. The van der Waals surface area contributed by atoms with Crippen molar-refractivity contribution in [2.75, 3.05) is 0 Å². The summed E-state index contributed by atoms with van der Waals surface area (Å²) in [7, 11) is 0. The molecule has 0 aliphatic carbocycles. The van der Waals surface area contributed by atoms with Gasteiger partial charge < -0.3 is 0 Å². The van der Waals surface area contributed by atoms with Gasteiger partial charge in [0, 0.05) is 11.6 Å². The van der Waals surface area contributed by atoms with Crippen LogP contribution < -0.4 is 0 Å². The van der Waals surface area contributed by atoms with Crippen molar-refractivity contribution in [2.24, 2.45) is 4.99 Å². The van der Waals surface area contributed by atoms with Gasteiger partial charge in [-0.25, -0.2) is 4.99 Å². The molecule has 1 aromatic carbocycles. The Balaban J connectivity index is 2.75. The third-order valence-corrected chi connectivity index (χ3v) is 1.70. The van der Waals surface area contributed by atoms with E-state index in [-0.39, 0.29) is 0 Å². The Kier molecular flexibility index (Phi) is 0.996. The Morgan fingerprint density at radius 2 is 2.30 bits per heavy atom. The Bertz CT molecular complexity index is 331. The molecule has 0 saturated heterocycles. The number of benzene rings is 1. The van der Waals surface area contributed by atoms with E-state index in [1.54, 1.807) is 0 Å². The monoisotopic (exact) mass is 129 g/mol. The van der Waals surface area contributed by atoms with Gasteiger partial charge in [-0.1, -0.05) is 12.1 Å². The van der Waals surface area contributed by atoms with Crippen LogP contribution in [-0.2, 0) is 0 Å². The van der Waals surface area contributed by atoms with Crippen LogP contribution in [0.5, 0.6) is 0 Å². The van der Waals surface area contributed by atoms with E-state index in [9.17, 15) is 0 Å². The average molecular weight is 129 g/mol. The summed E-state index contributed by atoms with van der Waals surface area (Å²) < 4.78 is 0. The first-order chi connectivity index (χ1) is 4.88. The fourth-order valence-corrected chi connectivity index (χ4v) is 1.12. The fourth-order valence-electron chi connectivity index (χ4n) is 1.12. The predicted octanol–water partition coefficient (Wildman–Crippen LogP) is 2.32. The molecule has 1 heterocycles. The van der Waals surface area contributed by atoms with Crippen LogP contribution in [-0.4, -0.2) is 5.87 Å². The highest BCUT2D eigenvalue weighted by Crippen LogP contribution is 2.25. The van der Waals surface area contributed by atoms with Crippen LogP contribution in [0.2, 0.25) is 0 Å². The largest absolute Gasteiger partial charge is 0.206 e. The number of hydrogen-bond donors (Lipinski definition) is 0. The molecule has 1 nitrogen and oxygen atoms in total. The summed E-state index contributed by atoms with van der Waals surface area (Å²) in [5.41, 5.74) is 3.52. The van der Waals surface area contributed by atoms with Gasteiger partial charge in [-0.2, -0.15) is 0 Å². The molecule has 0 radical (unpaired) electrons. The molecule has 0 N–H and O–H groups in total. The summed E-state index contributed by atoms with van der Waals surface area (Å²) in [5.74, 6) is 2.83. The van der Waals surface area contributed by atoms with Gasteiger partial charge >= 0.3 is 0 Å². The lowest BCUT2D eigenvalue weighted by atomic mass is 10.1. The highest BCUT2D eigenvalue weighted by atomic mass is 14.7. The summed E-state index contributed by atoms with van der Waals surface area (Å²) in [6, 6.07) is 6.09. The minimum absolute atomic E-state index is 1.04. The van der Waals surface area contributed by atoms with E-state index in [0.717, 1.165) is 5.69 Å². The molecule has 0 spiro atoms. The topological polar surface area (TPSA) is 12.4 Å². The highest BCUT2D eigenvalue weighted by molar-refractivity contribution is 5.90. The lowest BCUT2D eigenvalue weighted by Gasteiger charge is -1.97. The minimum atomic E-state index is 1.04. The van der Waals surface area contributed by atoms with Crippen LogP contribution in [0.15, 0.2) is 23.2 Å². The summed E-state index contributed by atoms with van der Waals surface area (Å²) in [6.07, 6.45) is 1.92. The van der Waals surface area contributed by atoms with Crippen LogP contribution in [0.25, 0.3) is 6.08 Å². The summed E-state index contributed by atoms with van der Waals surface area (Å²) in [5, 5.41) is 0. The number of nitrogens with zero attached hydrogens (tertiary/aromatic N) is 1. The zero-order valence-corrected chi connectivity index (χ0v) is 5.76.